The Hall–Kier alpha value is -4.93. The van der Waals surface area contributed by atoms with Gasteiger partial charge in [-0.1, -0.05) is 35.5 Å². The molecule has 0 unspecified atom stereocenters. The van der Waals surface area contributed by atoms with E-state index in [1.165, 1.54) is 4.68 Å². The second-order valence-corrected chi connectivity index (χ2v) is 8.26. The van der Waals surface area contributed by atoms with Crippen molar-refractivity contribution in [1.29, 1.82) is 0 Å². The lowest BCUT2D eigenvalue weighted by molar-refractivity contribution is 0.0924. The molecule has 4 aromatic rings. The Kier molecular flexibility index (Phi) is 5.95. The molecule has 0 fully saturated rings. The molecule has 2 amide bonds. The summed E-state index contributed by atoms with van der Waals surface area (Å²) >= 11 is 0. The van der Waals surface area contributed by atoms with Gasteiger partial charge in [-0.2, -0.15) is 0 Å². The van der Waals surface area contributed by atoms with Gasteiger partial charge in [0.05, 0.1) is 16.8 Å². The smallest absolute Gasteiger partial charge is 0.267 e. The zero-order valence-corrected chi connectivity index (χ0v) is 19.9. The number of fused-ring (bicyclic) bond motifs is 1. The van der Waals surface area contributed by atoms with E-state index in [0.717, 1.165) is 16.2 Å². The lowest BCUT2D eigenvalue weighted by Gasteiger charge is -2.14. The molecule has 1 aliphatic heterocycles. The predicted molar refractivity (Wildman–Crippen MR) is 132 cm³/mol. The molecule has 0 atom stereocenters. The molecule has 1 aliphatic rings. The molecular formula is C25H22N8O3. The van der Waals surface area contributed by atoms with Crippen molar-refractivity contribution in [1.82, 2.24) is 25.2 Å². The fourth-order valence-electron chi connectivity index (χ4n) is 3.82. The number of anilines is 2. The van der Waals surface area contributed by atoms with Gasteiger partial charge in [0, 0.05) is 32.4 Å². The monoisotopic (exact) mass is 482 g/mol. The summed E-state index contributed by atoms with van der Waals surface area (Å²) in [5, 5.41) is 16.0. The molecule has 0 bridgehead atoms. The molecule has 2 aromatic carbocycles. The van der Waals surface area contributed by atoms with Crippen molar-refractivity contribution in [2.75, 3.05) is 23.9 Å². The summed E-state index contributed by atoms with van der Waals surface area (Å²) in [6.07, 6.45) is 0. The van der Waals surface area contributed by atoms with Gasteiger partial charge < -0.3 is 9.74 Å². The predicted octanol–water partition coefficient (Wildman–Crippen LogP) is 2.44. The van der Waals surface area contributed by atoms with Gasteiger partial charge in [0.25, 0.3) is 11.8 Å². The normalized spacial score (nSPS) is 13.2. The minimum Gasteiger partial charge on any atom is -0.389 e. The van der Waals surface area contributed by atoms with Crippen molar-refractivity contribution in [2.24, 2.45) is 12.2 Å². The Morgan fingerprint density at radius 2 is 1.69 bits per heavy atom. The number of nitrogens with zero attached hydrogens (tertiary/aromatic N) is 8. The van der Waals surface area contributed by atoms with Gasteiger partial charge >= 0.3 is 0 Å². The molecule has 2 aromatic heterocycles. The molecule has 3 heterocycles. The van der Waals surface area contributed by atoms with Gasteiger partial charge in [0.2, 0.25) is 5.82 Å². The number of oxime groups is 1. The standard InChI is InChI=1S/C25H22N8O3/c1-31(2)18-10-6-8-16(14-18)22(23-27-29-30-32(23)3)28-36-15-17-9-7-13-21(26-17)33-24(34)19-11-4-5-12-20(19)25(33)35/h4-14H,15H2,1-3H3/b28-22+. The van der Waals surface area contributed by atoms with Crippen molar-refractivity contribution >= 4 is 29.0 Å². The molecule has 0 saturated carbocycles. The molecule has 5 rings (SSSR count). The highest BCUT2D eigenvalue weighted by molar-refractivity contribution is 6.34. The molecule has 0 saturated heterocycles. The highest BCUT2D eigenvalue weighted by Gasteiger charge is 2.37. The topological polar surface area (TPSA) is 119 Å². The maximum Gasteiger partial charge on any atom is 0.267 e. The van der Waals surface area contributed by atoms with Gasteiger partial charge in [-0.05, 0) is 46.8 Å². The van der Waals surface area contributed by atoms with Crippen LogP contribution in [0.25, 0.3) is 0 Å². The van der Waals surface area contributed by atoms with Gasteiger partial charge in [-0.25, -0.2) is 14.6 Å². The summed E-state index contributed by atoms with van der Waals surface area (Å²) in [7, 11) is 5.61. The Balaban J connectivity index is 1.40. The van der Waals surface area contributed by atoms with E-state index in [9.17, 15) is 9.59 Å². The first-order valence-corrected chi connectivity index (χ1v) is 11.1. The van der Waals surface area contributed by atoms with Crippen molar-refractivity contribution in [3.8, 4) is 0 Å². The molecule has 180 valence electrons. The third-order valence-corrected chi connectivity index (χ3v) is 5.65. The van der Waals surface area contributed by atoms with Gasteiger partial charge in [0.1, 0.15) is 5.82 Å². The Morgan fingerprint density at radius 1 is 0.972 bits per heavy atom. The van der Waals surface area contributed by atoms with Crippen LogP contribution in [0.15, 0.2) is 71.9 Å². The van der Waals surface area contributed by atoms with Crippen LogP contribution in [0.5, 0.6) is 0 Å². The molecule has 0 aliphatic carbocycles. The number of hydrogen-bond acceptors (Lipinski definition) is 9. The first-order chi connectivity index (χ1) is 17.4. The third kappa shape index (κ3) is 4.17. The van der Waals surface area contributed by atoms with E-state index < -0.39 is 11.8 Å². The maximum atomic E-state index is 12.8. The summed E-state index contributed by atoms with van der Waals surface area (Å²) < 4.78 is 1.51. The van der Waals surface area contributed by atoms with E-state index >= 15 is 0 Å². The average molecular weight is 483 g/mol. The quantitative estimate of drug-likeness (QED) is 0.224. The highest BCUT2D eigenvalue weighted by Crippen LogP contribution is 2.27. The highest BCUT2D eigenvalue weighted by atomic mass is 16.6. The second kappa shape index (κ2) is 9.37. The van der Waals surface area contributed by atoms with Gasteiger partial charge in [-0.15, -0.1) is 5.10 Å². The number of pyridine rings is 1. The van der Waals surface area contributed by atoms with E-state index in [4.69, 9.17) is 4.84 Å². The van der Waals surface area contributed by atoms with Crippen molar-refractivity contribution < 1.29 is 14.4 Å². The number of benzene rings is 2. The summed E-state index contributed by atoms with van der Waals surface area (Å²) in [4.78, 5) is 38.8. The minimum absolute atomic E-state index is 0.000833. The zero-order chi connectivity index (χ0) is 25.2. The van der Waals surface area contributed by atoms with Crippen LogP contribution < -0.4 is 9.80 Å². The summed E-state index contributed by atoms with van der Waals surface area (Å²) in [5.41, 5.74) is 3.40. The van der Waals surface area contributed by atoms with Crippen molar-refractivity contribution in [2.45, 2.75) is 6.61 Å². The Morgan fingerprint density at radius 3 is 2.36 bits per heavy atom. The lowest BCUT2D eigenvalue weighted by atomic mass is 10.1. The van der Waals surface area contributed by atoms with Crippen LogP contribution in [0, 0.1) is 0 Å². The summed E-state index contributed by atoms with van der Waals surface area (Å²) in [5.74, 6) is -0.157. The number of tetrazole rings is 1. The molecule has 11 heteroatoms. The summed E-state index contributed by atoms with van der Waals surface area (Å²) in [6.45, 7) is -0.000833. The van der Waals surface area contributed by atoms with Crippen LogP contribution in [-0.2, 0) is 18.5 Å². The molecule has 0 N–H and O–H groups in total. The number of carbonyl (C=O) groups is 2. The van der Waals surface area contributed by atoms with Crippen LogP contribution in [0.3, 0.4) is 0 Å². The molecule has 11 nitrogen and oxygen atoms in total. The largest absolute Gasteiger partial charge is 0.389 e. The Bertz CT molecular complexity index is 1460. The van der Waals surface area contributed by atoms with Gasteiger partial charge in [-0.3, -0.25) is 9.59 Å². The van der Waals surface area contributed by atoms with Crippen LogP contribution >= 0.6 is 0 Å². The van der Waals surface area contributed by atoms with Crippen LogP contribution in [0.2, 0.25) is 0 Å². The number of rotatable bonds is 7. The number of imide groups is 1. The van der Waals surface area contributed by atoms with E-state index in [1.807, 2.05) is 43.3 Å². The number of amides is 2. The van der Waals surface area contributed by atoms with Crippen molar-refractivity contribution in [3.05, 3.63) is 94.9 Å². The third-order valence-electron chi connectivity index (χ3n) is 5.65. The van der Waals surface area contributed by atoms with E-state index in [0.29, 0.717) is 28.4 Å². The molecule has 36 heavy (non-hydrogen) atoms. The zero-order valence-electron chi connectivity index (χ0n) is 19.9. The second-order valence-electron chi connectivity index (χ2n) is 8.26. The number of aromatic nitrogens is 5. The van der Waals surface area contributed by atoms with E-state index in [-0.39, 0.29) is 12.4 Å². The fraction of sp³-hybridized carbons (Fsp3) is 0.160. The molecule has 0 spiro atoms. The molecular weight excluding hydrogens is 460 g/mol. The van der Waals surface area contributed by atoms with Crippen molar-refractivity contribution in [3.63, 3.8) is 0 Å². The van der Waals surface area contributed by atoms with Gasteiger partial charge in [0.15, 0.2) is 12.3 Å². The first-order valence-electron chi connectivity index (χ1n) is 11.1. The van der Waals surface area contributed by atoms with Crippen LogP contribution in [0.4, 0.5) is 11.5 Å². The SMILES string of the molecule is CN(C)c1cccc(/C(=N\OCc2cccc(N3C(=O)c4ccccc4C3=O)n2)c2nnnn2C)c1. The molecule has 0 radical (unpaired) electrons. The maximum absolute atomic E-state index is 12.8. The first kappa shape index (κ1) is 22.8. The number of carbonyl (C=O) groups excluding carboxylic acids is 2. The average Bonchev–Trinajstić information content (AvgIpc) is 3.42. The fourth-order valence-corrected chi connectivity index (χ4v) is 3.82. The lowest BCUT2D eigenvalue weighted by Crippen LogP contribution is -2.30. The van der Waals surface area contributed by atoms with E-state index in [2.05, 4.69) is 25.7 Å². The number of aryl methyl sites for hydroxylation is 1. The minimum atomic E-state index is -0.406. The summed E-state index contributed by atoms with van der Waals surface area (Å²) in [6, 6.07) is 19.5. The van der Waals surface area contributed by atoms with Crippen LogP contribution in [-0.4, -0.2) is 56.8 Å². The Labute approximate surface area is 206 Å². The number of hydrogen-bond donors (Lipinski definition) is 0. The van der Waals surface area contributed by atoms with E-state index in [1.54, 1.807) is 49.5 Å². The van der Waals surface area contributed by atoms with Crippen LogP contribution in [0.1, 0.15) is 37.8 Å².